The predicted octanol–water partition coefficient (Wildman–Crippen LogP) is 3.53. The molecule has 0 unspecified atom stereocenters. The lowest BCUT2D eigenvalue weighted by Gasteiger charge is -2.17. The average molecular weight is 247 g/mol. The van der Waals surface area contributed by atoms with Crippen LogP contribution < -0.4 is 10.1 Å². The fourth-order valence-corrected chi connectivity index (χ4v) is 1.76. The van der Waals surface area contributed by atoms with E-state index < -0.39 is 0 Å². The molecule has 1 N–H and O–H groups in total. The molecular weight excluding hydrogens is 226 g/mol. The molecule has 0 radical (unpaired) electrons. The van der Waals surface area contributed by atoms with Crippen LogP contribution in [0.5, 0.6) is 5.75 Å². The molecule has 0 bridgehead atoms. The van der Waals surface area contributed by atoms with Crippen LogP contribution in [0.25, 0.3) is 0 Å². The zero-order chi connectivity index (χ0) is 13.9. The van der Waals surface area contributed by atoms with Gasteiger partial charge in [-0.15, -0.1) is 0 Å². The van der Waals surface area contributed by atoms with E-state index in [1.807, 2.05) is 33.8 Å². The van der Waals surface area contributed by atoms with Crippen LogP contribution in [0.4, 0.5) is 5.69 Å². The van der Waals surface area contributed by atoms with Crippen molar-refractivity contribution in [2.45, 2.75) is 34.6 Å². The van der Waals surface area contributed by atoms with Gasteiger partial charge in [0.2, 0.25) is 5.91 Å². The van der Waals surface area contributed by atoms with Gasteiger partial charge in [0.05, 0.1) is 0 Å². The van der Waals surface area contributed by atoms with Crippen molar-refractivity contribution in [2.24, 2.45) is 0 Å². The highest BCUT2D eigenvalue weighted by Crippen LogP contribution is 2.31. The topological polar surface area (TPSA) is 38.3 Å². The number of carbonyl (C=O) groups is 1. The molecule has 1 aromatic carbocycles. The van der Waals surface area contributed by atoms with Crippen molar-refractivity contribution in [3.63, 3.8) is 0 Å². The van der Waals surface area contributed by atoms with Crippen molar-refractivity contribution in [3.05, 3.63) is 34.9 Å². The van der Waals surface area contributed by atoms with Crippen molar-refractivity contribution in [1.29, 1.82) is 0 Å². The highest BCUT2D eigenvalue weighted by atomic mass is 16.5. The van der Waals surface area contributed by atoms with Crippen LogP contribution in [0, 0.1) is 20.8 Å². The third-order valence-corrected chi connectivity index (χ3v) is 2.82. The van der Waals surface area contributed by atoms with E-state index in [4.69, 9.17) is 4.74 Å². The van der Waals surface area contributed by atoms with Gasteiger partial charge in [0.25, 0.3) is 0 Å². The molecule has 0 saturated heterocycles. The van der Waals surface area contributed by atoms with Gasteiger partial charge < -0.3 is 10.1 Å². The Labute approximate surface area is 109 Å². The molecule has 0 fully saturated rings. The minimum Gasteiger partial charge on any atom is -0.489 e. The van der Waals surface area contributed by atoms with E-state index in [-0.39, 0.29) is 5.91 Å². The van der Waals surface area contributed by atoms with Gasteiger partial charge in [0.15, 0.2) is 0 Å². The first-order valence-electron chi connectivity index (χ1n) is 5.98. The van der Waals surface area contributed by atoms with E-state index in [2.05, 4.69) is 11.9 Å². The molecule has 3 heteroatoms. The van der Waals surface area contributed by atoms with Crippen LogP contribution in [0.2, 0.25) is 0 Å². The number of nitrogens with one attached hydrogen (secondary N) is 1. The van der Waals surface area contributed by atoms with Gasteiger partial charge in [-0.1, -0.05) is 6.58 Å². The molecule has 18 heavy (non-hydrogen) atoms. The summed E-state index contributed by atoms with van der Waals surface area (Å²) in [6.45, 7) is 13.7. The molecule has 1 aromatic rings. The Morgan fingerprint density at radius 2 is 1.89 bits per heavy atom. The van der Waals surface area contributed by atoms with Crippen molar-refractivity contribution in [2.75, 3.05) is 11.9 Å². The normalized spacial score (nSPS) is 10.1. The van der Waals surface area contributed by atoms with Crippen molar-refractivity contribution >= 4 is 11.6 Å². The van der Waals surface area contributed by atoms with Gasteiger partial charge in [-0.2, -0.15) is 0 Å². The van der Waals surface area contributed by atoms with Gasteiger partial charge >= 0.3 is 0 Å². The van der Waals surface area contributed by atoms with Crippen LogP contribution in [0.15, 0.2) is 18.2 Å². The quantitative estimate of drug-likeness (QED) is 0.827. The summed E-state index contributed by atoms with van der Waals surface area (Å²) >= 11 is 0. The monoisotopic (exact) mass is 247 g/mol. The van der Waals surface area contributed by atoms with Gasteiger partial charge in [0, 0.05) is 12.6 Å². The van der Waals surface area contributed by atoms with Crippen LogP contribution in [-0.2, 0) is 4.79 Å². The number of amides is 1. The molecule has 0 atom stereocenters. The van der Waals surface area contributed by atoms with Crippen LogP contribution in [-0.4, -0.2) is 12.5 Å². The van der Waals surface area contributed by atoms with E-state index in [1.165, 1.54) is 6.92 Å². The molecule has 0 aliphatic heterocycles. The summed E-state index contributed by atoms with van der Waals surface area (Å²) in [5.41, 5.74) is 4.95. The van der Waals surface area contributed by atoms with E-state index >= 15 is 0 Å². The maximum Gasteiger partial charge on any atom is 0.221 e. The number of benzene rings is 1. The van der Waals surface area contributed by atoms with Crippen molar-refractivity contribution < 1.29 is 9.53 Å². The summed E-state index contributed by atoms with van der Waals surface area (Å²) in [6, 6.07) is 1.95. The Morgan fingerprint density at radius 1 is 1.28 bits per heavy atom. The second-order valence-corrected chi connectivity index (χ2v) is 4.74. The Kier molecular flexibility index (Phi) is 4.54. The van der Waals surface area contributed by atoms with E-state index in [0.29, 0.717) is 6.61 Å². The van der Waals surface area contributed by atoms with Gasteiger partial charge in [-0.25, -0.2) is 0 Å². The van der Waals surface area contributed by atoms with Crippen LogP contribution in [0.1, 0.15) is 30.5 Å². The second kappa shape index (κ2) is 5.71. The Bertz CT molecular complexity index is 490. The molecule has 1 amide bonds. The van der Waals surface area contributed by atoms with E-state index in [0.717, 1.165) is 33.7 Å². The molecule has 98 valence electrons. The lowest BCUT2D eigenvalue weighted by molar-refractivity contribution is -0.114. The van der Waals surface area contributed by atoms with Crippen molar-refractivity contribution in [1.82, 2.24) is 0 Å². The Morgan fingerprint density at radius 3 is 2.39 bits per heavy atom. The number of aryl methyl sites for hydroxylation is 1. The summed E-state index contributed by atoms with van der Waals surface area (Å²) in [5.74, 6) is 0.790. The van der Waals surface area contributed by atoms with E-state index in [1.54, 1.807) is 0 Å². The third kappa shape index (κ3) is 3.36. The van der Waals surface area contributed by atoms with Gasteiger partial charge in [0.1, 0.15) is 12.4 Å². The van der Waals surface area contributed by atoms with Gasteiger partial charge in [-0.3, -0.25) is 4.79 Å². The number of rotatable bonds is 4. The predicted molar refractivity (Wildman–Crippen MR) is 75.3 cm³/mol. The molecule has 0 heterocycles. The average Bonchev–Trinajstić information content (AvgIpc) is 2.27. The zero-order valence-corrected chi connectivity index (χ0v) is 11.8. The van der Waals surface area contributed by atoms with Crippen LogP contribution in [0.3, 0.4) is 0 Å². The smallest absolute Gasteiger partial charge is 0.221 e. The maximum absolute atomic E-state index is 11.2. The Balaban J connectivity index is 3.11. The molecule has 0 saturated carbocycles. The summed E-state index contributed by atoms with van der Waals surface area (Å²) in [4.78, 5) is 11.2. The first-order valence-corrected chi connectivity index (χ1v) is 5.98. The lowest BCUT2D eigenvalue weighted by Crippen LogP contribution is -2.10. The number of hydrogen-bond donors (Lipinski definition) is 1. The lowest BCUT2D eigenvalue weighted by atomic mass is 10.0. The number of anilines is 1. The molecule has 3 nitrogen and oxygen atoms in total. The molecule has 0 aromatic heterocycles. The summed E-state index contributed by atoms with van der Waals surface area (Å²) in [6.07, 6.45) is 0. The van der Waals surface area contributed by atoms with Crippen molar-refractivity contribution in [3.8, 4) is 5.75 Å². The molecule has 0 spiro atoms. The Hall–Kier alpha value is -1.77. The second-order valence-electron chi connectivity index (χ2n) is 4.74. The summed E-state index contributed by atoms with van der Waals surface area (Å²) < 4.78 is 5.71. The number of hydrogen-bond acceptors (Lipinski definition) is 2. The number of carbonyl (C=O) groups excluding carboxylic acids is 1. The highest BCUT2D eigenvalue weighted by Gasteiger charge is 2.12. The standard InChI is InChI=1S/C15H21NO2/c1-9(2)8-18-14-7-10(3)15(16-13(6)17)12(5)11(14)4/h7H,1,8H2,2-6H3,(H,16,17). The molecule has 0 aliphatic carbocycles. The fraction of sp³-hybridized carbons (Fsp3) is 0.400. The summed E-state index contributed by atoms with van der Waals surface area (Å²) in [5, 5.41) is 2.86. The zero-order valence-electron chi connectivity index (χ0n) is 11.8. The fourth-order valence-electron chi connectivity index (χ4n) is 1.76. The third-order valence-electron chi connectivity index (χ3n) is 2.82. The summed E-state index contributed by atoms with van der Waals surface area (Å²) in [7, 11) is 0. The molecule has 0 aliphatic rings. The molecular formula is C15H21NO2. The van der Waals surface area contributed by atoms with Crippen LogP contribution >= 0.6 is 0 Å². The SMILES string of the molecule is C=C(C)COc1cc(C)c(NC(C)=O)c(C)c1C. The number of ether oxygens (including phenoxy) is 1. The van der Waals surface area contributed by atoms with E-state index in [9.17, 15) is 4.79 Å². The minimum absolute atomic E-state index is 0.0591. The first kappa shape index (κ1) is 14.3. The highest BCUT2D eigenvalue weighted by molar-refractivity contribution is 5.91. The molecule has 1 rings (SSSR count). The maximum atomic E-state index is 11.2. The first-order chi connectivity index (χ1) is 8.32. The largest absolute Gasteiger partial charge is 0.489 e. The minimum atomic E-state index is -0.0591. The van der Waals surface area contributed by atoms with Gasteiger partial charge in [-0.05, 0) is 56.0 Å².